The number of rotatable bonds is 4. The van der Waals surface area contributed by atoms with Gasteiger partial charge in [0, 0.05) is 12.0 Å². The van der Waals surface area contributed by atoms with Gasteiger partial charge >= 0.3 is 6.09 Å². The number of ether oxygens (including phenoxy) is 1. The first-order chi connectivity index (χ1) is 15.5. The third-order valence-electron chi connectivity index (χ3n) is 5.22. The molecule has 7 nitrogen and oxygen atoms in total. The number of hydrogen-bond acceptors (Lipinski definition) is 5. The maximum Gasteiger partial charge on any atom is 0.407 e. The lowest BCUT2D eigenvalue weighted by Crippen LogP contribution is -2.26. The standard InChI is InChI=1S/C24H18ClN3O4/c1-15-22(28(30)31)13-16(23(25)27-15)7-6-12-26-24(29)32-14-21-19-10-4-2-8-17(19)18-9-3-5-11-20(18)21/h2-5,8-11,13,21H,12,14H2,1H3,(H,26,29). The molecule has 32 heavy (non-hydrogen) atoms. The summed E-state index contributed by atoms with van der Waals surface area (Å²) >= 11 is 6.00. The van der Waals surface area contributed by atoms with Crippen molar-refractivity contribution in [2.45, 2.75) is 12.8 Å². The molecule has 1 aromatic heterocycles. The third kappa shape index (κ3) is 4.27. The van der Waals surface area contributed by atoms with E-state index in [9.17, 15) is 14.9 Å². The highest BCUT2D eigenvalue weighted by molar-refractivity contribution is 6.30. The lowest BCUT2D eigenvalue weighted by molar-refractivity contribution is -0.385. The van der Waals surface area contributed by atoms with Crippen LogP contribution >= 0.6 is 11.6 Å². The zero-order valence-corrected chi connectivity index (χ0v) is 17.8. The number of pyridine rings is 1. The van der Waals surface area contributed by atoms with Gasteiger partial charge < -0.3 is 10.1 Å². The summed E-state index contributed by atoms with van der Waals surface area (Å²) in [5.41, 5.74) is 4.83. The molecule has 0 radical (unpaired) electrons. The molecule has 0 aliphatic heterocycles. The van der Waals surface area contributed by atoms with Crippen molar-refractivity contribution in [3.63, 3.8) is 0 Å². The predicted molar refractivity (Wildman–Crippen MR) is 121 cm³/mol. The van der Waals surface area contributed by atoms with Crippen LogP contribution in [0.2, 0.25) is 5.15 Å². The fraction of sp³-hybridized carbons (Fsp3) is 0.167. The van der Waals surface area contributed by atoms with Gasteiger partial charge in [0.05, 0.1) is 17.0 Å². The monoisotopic (exact) mass is 447 g/mol. The molecular formula is C24H18ClN3O4. The number of fused-ring (bicyclic) bond motifs is 3. The van der Waals surface area contributed by atoms with Gasteiger partial charge in [0.25, 0.3) is 5.69 Å². The second-order valence-corrected chi connectivity index (χ2v) is 7.53. The first-order valence-corrected chi connectivity index (χ1v) is 10.2. The summed E-state index contributed by atoms with van der Waals surface area (Å²) in [6, 6.07) is 17.4. The molecule has 1 aliphatic carbocycles. The van der Waals surface area contributed by atoms with Gasteiger partial charge in [-0.05, 0) is 29.2 Å². The molecule has 1 amide bonds. The fourth-order valence-corrected chi connectivity index (χ4v) is 3.97. The lowest BCUT2D eigenvalue weighted by atomic mass is 9.98. The Morgan fingerprint density at radius 2 is 1.81 bits per heavy atom. The number of carbonyl (C=O) groups excluding carboxylic acids is 1. The average Bonchev–Trinajstić information content (AvgIpc) is 3.10. The number of aromatic nitrogens is 1. The molecular weight excluding hydrogens is 430 g/mol. The first-order valence-electron chi connectivity index (χ1n) is 9.85. The maximum atomic E-state index is 12.2. The molecule has 1 aliphatic rings. The number of amides is 1. The second kappa shape index (κ2) is 9.08. The van der Waals surface area contributed by atoms with Gasteiger partial charge in [-0.1, -0.05) is 72.0 Å². The Labute approximate surface area is 189 Å². The zero-order valence-electron chi connectivity index (χ0n) is 17.1. The highest BCUT2D eigenvalue weighted by Gasteiger charge is 2.28. The molecule has 0 bridgehead atoms. The number of aryl methyl sites for hydroxylation is 1. The quantitative estimate of drug-likeness (QED) is 0.267. The number of nitrogens with one attached hydrogen (secondary N) is 1. The number of nitro groups is 1. The van der Waals surface area contributed by atoms with E-state index in [1.54, 1.807) is 0 Å². The van der Waals surface area contributed by atoms with E-state index in [1.165, 1.54) is 13.0 Å². The molecule has 0 saturated heterocycles. The lowest BCUT2D eigenvalue weighted by Gasteiger charge is -2.14. The van der Waals surface area contributed by atoms with E-state index in [1.807, 2.05) is 36.4 Å². The van der Waals surface area contributed by atoms with Crippen LogP contribution in [0.25, 0.3) is 11.1 Å². The summed E-state index contributed by atoms with van der Waals surface area (Å²) in [6.45, 7) is 1.70. The smallest absolute Gasteiger partial charge is 0.407 e. The minimum atomic E-state index is -0.597. The Hall–Kier alpha value is -3.89. The molecule has 0 unspecified atom stereocenters. The SMILES string of the molecule is Cc1nc(Cl)c(C#CCNC(=O)OCC2c3ccccc3-c3ccccc32)cc1[N+](=O)[O-]. The Morgan fingerprint density at radius 3 is 2.44 bits per heavy atom. The highest BCUT2D eigenvalue weighted by Crippen LogP contribution is 2.44. The van der Waals surface area contributed by atoms with Crippen LogP contribution in [0.1, 0.15) is 28.3 Å². The highest BCUT2D eigenvalue weighted by atomic mass is 35.5. The summed E-state index contributed by atoms with van der Waals surface area (Å²) in [4.78, 5) is 26.6. The molecule has 1 heterocycles. The number of hydrogen-bond donors (Lipinski definition) is 1. The van der Waals surface area contributed by atoms with E-state index >= 15 is 0 Å². The first kappa shape index (κ1) is 21.3. The van der Waals surface area contributed by atoms with Crippen molar-refractivity contribution in [1.29, 1.82) is 0 Å². The molecule has 160 valence electrons. The van der Waals surface area contributed by atoms with E-state index in [0.29, 0.717) is 0 Å². The minimum Gasteiger partial charge on any atom is -0.449 e. The van der Waals surface area contributed by atoms with Crippen LogP contribution in [-0.2, 0) is 4.74 Å². The molecule has 0 fully saturated rings. The van der Waals surface area contributed by atoms with Crippen LogP contribution in [0.15, 0.2) is 54.6 Å². The molecule has 3 aromatic rings. The van der Waals surface area contributed by atoms with Crippen LogP contribution in [0.5, 0.6) is 0 Å². The van der Waals surface area contributed by atoms with Gasteiger partial charge in [0.15, 0.2) is 0 Å². The summed E-state index contributed by atoms with van der Waals surface area (Å²) in [7, 11) is 0. The fourth-order valence-electron chi connectivity index (χ4n) is 3.74. The number of benzene rings is 2. The summed E-state index contributed by atoms with van der Waals surface area (Å²) in [6.07, 6.45) is -0.597. The summed E-state index contributed by atoms with van der Waals surface area (Å²) in [5.74, 6) is 5.37. The normalized spacial score (nSPS) is 11.7. The van der Waals surface area contributed by atoms with Crippen molar-refractivity contribution in [1.82, 2.24) is 10.3 Å². The molecule has 0 spiro atoms. The Kier molecular flexibility index (Phi) is 6.06. The van der Waals surface area contributed by atoms with E-state index in [4.69, 9.17) is 16.3 Å². The zero-order chi connectivity index (χ0) is 22.7. The Balaban J connectivity index is 1.37. The van der Waals surface area contributed by atoms with E-state index in [-0.39, 0.29) is 41.2 Å². The van der Waals surface area contributed by atoms with E-state index in [2.05, 4.69) is 34.3 Å². The van der Waals surface area contributed by atoms with Crippen LogP contribution in [0.3, 0.4) is 0 Å². The molecule has 4 rings (SSSR count). The van der Waals surface area contributed by atoms with Crippen LogP contribution in [-0.4, -0.2) is 29.2 Å². The number of halogens is 1. The number of alkyl carbamates (subject to hydrolysis) is 1. The van der Waals surface area contributed by atoms with Crippen LogP contribution in [0.4, 0.5) is 10.5 Å². The molecule has 0 saturated carbocycles. The molecule has 2 aromatic carbocycles. The average molecular weight is 448 g/mol. The van der Waals surface area contributed by atoms with Gasteiger partial charge in [-0.3, -0.25) is 10.1 Å². The number of nitrogens with zero attached hydrogens (tertiary/aromatic N) is 2. The van der Waals surface area contributed by atoms with Gasteiger partial charge in [0.1, 0.15) is 17.5 Å². The largest absolute Gasteiger partial charge is 0.449 e. The van der Waals surface area contributed by atoms with Crippen molar-refractivity contribution >= 4 is 23.4 Å². The van der Waals surface area contributed by atoms with Gasteiger partial charge in [0.2, 0.25) is 0 Å². The van der Waals surface area contributed by atoms with Crippen molar-refractivity contribution < 1.29 is 14.5 Å². The van der Waals surface area contributed by atoms with Crippen LogP contribution < -0.4 is 5.32 Å². The topological polar surface area (TPSA) is 94.4 Å². The molecule has 1 N–H and O–H groups in total. The van der Waals surface area contributed by atoms with Crippen molar-refractivity contribution in [3.05, 3.63) is 92.2 Å². The summed E-state index contributed by atoms with van der Waals surface area (Å²) < 4.78 is 5.44. The Bertz CT molecular complexity index is 1230. The van der Waals surface area contributed by atoms with Gasteiger partial charge in [-0.2, -0.15) is 0 Å². The van der Waals surface area contributed by atoms with Crippen molar-refractivity contribution in [2.75, 3.05) is 13.2 Å². The minimum absolute atomic E-state index is 0.00528. The van der Waals surface area contributed by atoms with E-state index < -0.39 is 11.0 Å². The van der Waals surface area contributed by atoms with Crippen molar-refractivity contribution in [2.24, 2.45) is 0 Å². The molecule has 0 atom stereocenters. The summed E-state index contributed by atoms with van der Waals surface area (Å²) in [5, 5.41) is 13.7. The third-order valence-corrected chi connectivity index (χ3v) is 5.51. The second-order valence-electron chi connectivity index (χ2n) is 7.17. The Morgan fingerprint density at radius 1 is 1.19 bits per heavy atom. The molecule has 8 heteroatoms. The van der Waals surface area contributed by atoms with Gasteiger partial charge in [-0.15, -0.1) is 0 Å². The van der Waals surface area contributed by atoms with Crippen LogP contribution in [0, 0.1) is 28.9 Å². The van der Waals surface area contributed by atoms with Crippen molar-refractivity contribution in [3.8, 4) is 23.0 Å². The van der Waals surface area contributed by atoms with E-state index in [0.717, 1.165) is 22.3 Å². The maximum absolute atomic E-state index is 12.2. The van der Waals surface area contributed by atoms with Gasteiger partial charge in [-0.25, -0.2) is 9.78 Å². The predicted octanol–water partition coefficient (Wildman–Crippen LogP) is 4.84. The number of carbonyl (C=O) groups is 1.